The van der Waals surface area contributed by atoms with Crippen LogP contribution in [0.25, 0.3) is 10.9 Å². The second kappa shape index (κ2) is 7.55. The van der Waals surface area contributed by atoms with Crippen molar-refractivity contribution in [2.75, 3.05) is 25.2 Å². The lowest BCUT2D eigenvalue weighted by molar-refractivity contribution is 0.184. The highest BCUT2D eigenvalue weighted by Gasteiger charge is 2.33. The molecule has 0 amide bonds. The highest BCUT2D eigenvalue weighted by atomic mass is 16.5. The molecule has 1 atom stereocenters. The van der Waals surface area contributed by atoms with Crippen LogP contribution in [0.3, 0.4) is 0 Å². The quantitative estimate of drug-likeness (QED) is 0.643. The number of methoxy groups -OCH3 is 1. The number of benzene rings is 1. The predicted octanol–water partition coefficient (Wildman–Crippen LogP) is 3.05. The van der Waals surface area contributed by atoms with E-state index in [1.54, 1.807) is 11.7 Å². The monoisotopic (exact) mass is 391 g/mol. The van der Waals surface area contributed by atoms with Crippen LogP contribution in [-0.4, -0.2) is 39.8 Å². The number of aromatic nitrogens is 4. The lowest BCUT2D eigenvalue weighted by Crippen LogP contribution is -2.33. The average molecular weight is 391 g/mol. The SMILES string of the molecule is COCCn1c(C2CCCN2c2ccnc(C3CC3)n2)nc2ccccc2c1=O. The normalized spacial score (nSPS) is 19.2. The molecule has 3 heterocycles. The van der Waals surface area contributed by atoms with Crippen molar-refractivity contribution < 1.29 is 4.74 Å². The van der Waals surface area contributed by atoms with E-state index in [1.165, 1.54) is 12.8 Å². The Morgan fingerprint density at radius 2 is 2.00 bits per heavy atom. The molecule has 7 heteroatoms. The van der Waals surface area contributed by atoms with Crippen LogP contribution in [-0.2, 0) is 11.3 Å². The van der Waals surface area contributed by atoms with Gasteiger partial charge in [0.15, 0.2) is 0 Å². The summed E-state index contributed by atoms with van der Waals surface area (Å²) in [7, 11) is 1.65. The van der Waals surface area contributed by atoms with Crippen molar-refractivity contribution in [2.24, 2.45) is 0 Å². The molecular formula is C22H25N5O2. The minimum Gasteiger partial charge on any atom is -0.383 e. The molecule has 0 N–H and O–H groups in total. The van der Waals surface area contributed by atoms with Crippen LogP contribution in [0.2, 0.25) is 0 Å². The van der Waals surface area contributed by atoms with Crippen LogP contribution < -0.4 is 10.5 Å². The highest BCUT2D eigenvalue weighted by Crippen LogP contribution is 2.40. The number of para-hydroxylation sites is 1. The minimum absolute atomic E-state index is 0.00384. The third kappa shape index (κ3) is 3.40. The standard InChI is InChI=1S/C22H25N5O2/c1-29-14-13-27-21(24-17-6-3-2-5-16(17)22(27)28)18-7-4-12-26(18)19-10-11-23-20(25-19)15-8-9-15/h2-3,5-6,10-11,15,18H,4,7-9,12-14H2,1H3. The fourth-order valence-corrected chi connectivity index (χ4v) is 4.21. The number of hydrogen-bond acceptors (Lipinski definition) is 6. The van der Waals surface area contributed by atoms with Crippen molar-refractivity contribution in [3.05, 3.63) is 58.5 Å². The summed E-state index contributed by atoms with van der Waals surface area (Å²) in [5.41, 5.74) is 0.741. The Balaban J connectivity index is 1.59. The van der Waals surface area contributed by atoms with E-state index >= 15 is 0 Å². The molecular weight excluding hydrogens is 366 g/mol. The van der Waals surface area contributed by atoms with Crippen LogP contribution in [0.1, 0.15) is 49.3 Å². The van der Waals surface area contributed by atoms with Crippen LogP contribution in [0, 0.1) is 0 Å². The van der Waals surface area contributed by atoms with Crippen molar-refractivity contribution in [1.29, 1.82) is 0 Å². The lowest BCUT2D eigenvalue weighted by atomic mass is 10.1. The molecule has 29 heavy (non-hydrogen) atoms. The van der Waals surface area contributed by atoms with E-state index in [9.17, 15) is 4.79 Å². The van der Waals surface area contributed by atoms with Gasteiger partial charge in [0.1, 0.15) is 17.5 Å². The summed E-state index contributed by atoms with van der Waals surface area (Å²) < 4.78 is 7.06. The van der Waals surface area contributed by atoms with Crippen molar-refractivity contribution >= 4 is 16.7 Å². The zero-order chi connectivity index (χ0) is 19.8. The van der Waals surface area contributed by atoms with Crippen LogP contribution >= 0.6 is 0 Å². The Morgan fingerprint density at radius 3 is 2.83 bits per heavy atom. The van der Waals surface area contributed by atoms with E-state index in [0.29, 0.717) is 24.5 Å². The summed E-state index contributed by atoms with van der Waals surface area (Å²) >= 11 is 0. The average Bonchev–Trinajstić information content (AvgIpc) is 3.50. The fourth-order valence-electron chi connectivity index (χ4n) is 4.21. The van der Waals surface area contributed by atoms with E-state index in [-0.39, 0.29) is 11.6 Å². The predicted molar refractivity (Wildman–Crippen MR) is 111 cm³/mol. The maximum absolute atomic E-state index is 13.2. The van der Waals surface area contributed by atoms with Crippen LogP contribution in [0.4, 0.5) is 5.82 Å². The van der Waals surface area contributed by atoms with E-state index in [4.69, 9.17) is 14.7 Å². The first-order valence-corrected chi connectivity index (χ1v) is 10.3. The number of rotatable bonds is 6. The molecule has 5 rings (SSSR count). The summed E-state index contributed by atoms with van der Waals surface area (Å²) in [6.45, 7) is 1.86. The highest BCUT2D eigenvalue weighted by molar-refractivity contribution is 5.77. The Morgan fingerprint density at radius 1 is 1.14 bits per heavy atom. The number of hydrogen-bond donors (Lipinski definition) is 0. The zero-order valence-corrected chi connectivity index (χ0v) is 16.6. The summed E-state index contributed by atoms with van der Waals surface area (Å²) in [4.78, 5) is 29.8. The van der Waals surface area contributed by atoms with E-state index in [0.717, 1.165) is 42.4 Å². The van der Waals surface area contributed by atoms with Gasteiger partial charge in [0.2, 0.25) is 0 Å². The Hall–Kier alpha value is -2.80. The Kier molecular flexibility index (Phi) is 4.75. The fraction of sp³-hybridized carbons (Fsp3) is 0.455. The molecule has 1 saturated heterocycles. The van der Waals surface area contributed by atoms with Gasteiger partial charge in [-0.15, -0.1) is 0 Å². The first kappa shape index (κ1) is 18.2. The third-order valence-electron chi connectivity index (χ3n) is 5.86. The summed E-state index contributed by atoms with van der Waals surface area (Å²) in [5, 5.41) is 0.648. The third-order valence-corrected chi connectivity index (χ3v) is 5.86. The second-order valence-electron chi connectivity index (χ2n) is 7.84. The van der Waals surface area contributed by atoms with Gasteiger partial charge >= 0.3 is 0 Å². The lowest BCUT2D eigenvalue weighted by Gasteiger charge is -2.27. The zero-order valence-electron chi connectivity index (χ0n) is 16.6. The van der Waals surface area contributed by atoms with Gasteiger partial charge in [-0.05, 0) is 43.9 Å². The molecule has 1 unspecified atom stereocenters. The molecule has 1 aromatic carbocycles. The van der Waals surface area contributed by atoms with Gasteiger partial charge in [-0.3, -0.25) is 9.36 Å². The van der Waals surface area contributed by atoms with E-state index in [1.807, 2.05) is 36.5 Å². The number of fused-ring (bicyclic) bond motifs is 1. The smallest absolute Gasteiger partial charge is 0.261 e. The molecule has 1 saturated carbocycles. The molecule has 1 aliphatic heterocycles. The van der Waals surface area contributed by atoms with Crippen molar-refractivity contribution in [1.82, 2.24) is 19.5 Å². The largest absolute Gasteiger partial charge is 0.383 e. The van der Waals surface area contributed by atoms with Gasteiger partial charge in [-0.1, -0.05) is 12.1 Å². The molecule has 0 radical (unpaired) electrons. The first-order valence-electron chi connectivity index (χ1n) is 10.3. The van der Waals surface area contributed by atoms with Crippen molar-refractivity contribution in [3.8, 4) is 0 Å². The maximum Gasteiger partial charge on any atom is 0.261 e. The van der Waals surface area contributed by atoms with Gasteiger partial charge in [0, 0.05) is 25.8 Å². The van der Waals surface area contributed by atoms with Gasteiger partial charge in [-0.25, -0.2) is 15.0 Å². The van der Waals surface area contributed by atoms with Crippen molar-refractivity contribution in [3.63, 3.8) is 0 Å². The number of anilines is 1. The minimum atomic E-state index is -0.00384. The van der Waals surface area contributed by atoms with Crippen LogP contribution in [0.15, 0.2) is 41.3 Å². The molecule has 2 fully saturated rings. The molecule has 2 aliphatic rings. The summed E-state index contributed by atoms with van der Waals surface area (Å²) in [6.07, 6.45) is 6.20. The van der Waals surface area contributed by atoms with E-state index in [2.05, 4.69) is 9.88 Å². The van der Waals surface area contributed by atoms with E-state index < -0.39 is 0 Å². The second-order valence-corrected chi connectivity index (χ2v) is 7.84. The number of ether oxygens (including phenoxy) is 1. The molecule has 7 nitrogen and oxygen atoms in total. The molecule has 2 aromatic heterocycles. The molecule has 0 spiro atoms. The first-order chi connectivity index (χ1) is 14.3. The Bertz CT molecular complexity index is 1090. The molecule has 1 aliphatic carbocycles. The maximum atomic E-state index is 13.2. The Labute approximate surface area is 169 Å². The van der Waals surface area contributed by atoms with Gasteiger partial charge in [-0.2, -0.15) is 0 Å². The summed E-state index contributed by atoms with van der Waals surface area (Å²) in [6, 6.07) is 9.56. The summed E-state index contributed by atoms with van der Waals surface area (Å²) in [5.74, 6) is 3.19. The van der Waals surface area contributed by atoms with Crippen LogP contribution in [0.5, 0.6) is 0 Å². The molecule has 3 aromatic rings. The van der Waals surface area contributed by atoms with Crippen molar-refractivity contribution in [2.45, 2.75) is 44.2 Å². The van der Waals surface area contributed by atoms with Gasteiger partial charge in [0.25, 0.3) is 5.56 Å². The molecule has 0 bridgehead atoms. The topological polar surface area (TPSA) is 73.1 Å². The van der Waals surface area contributed by atoms with Gasteiger partial charge in [0.05, 0.1) is 30.1 Å². The molecule has 150 valence electrons. The number of nitrogens with zero attached hydrogens (tertiary/aromatic N) is 5. The van der Waals surface area contributed by atoms with Gasteiger partial charge < -0.3 is 9.64 Å².